The molecule has 0 bridgehead atoms. The molecule has 4 aromatic rings. The predicted molar refractivity (Wildman–Crippen MR) is 129 cm³/mol. The molecule has 0 unspecified atom stereocenters. The van der Waals surface area contributed by atoms with E-state index in [9.17, 15) is 9.59 Å². The Bertz CT molecular complexity index is 1340. The number of ether oxygens (including phenoxy) is 1. The third kappa shape index (κ3) is 4.96. The van der Waals surface area contributed by atoms with Crippen molar-refractivity contribution in [3.63, 3.8) is 0 Å². The van der Waals surface area contributed by atoms with Gasteiger partial charge in [0.2, 0.25) is 5.88 Å². The molecule has 0 spiro atoms. The summed E-state index contributed by atoms with van der Waals surface area (Å²) < 4.78 is 6.99. The first-order valence-electron chi connectivity index (χ1n) is 9.31. The lowest BCUT2D eigenvalue weighted by atomic mass is 10.1. The number of thiophene rings is 1. The highest BCUT2D eigenvalue weighted by atomic mass is 35.5. The number of carbonyl (C=O) groups excluding carboxylic acids is 2. The zero-order chi connectivity index (χ0) is 23.5. The van der Waals surface area contributed by atoms with Gasteiger partial charge in [-0.25, -0.2) is 9.67 Å². The number of nitrogens with one attached hydrogen (secondary N) is 2. The smallest absolute Gasteiger partial charge is 0.274 e. The van der Waals surface area contributed by atoms with Crippen molar-refractivity contribution in [2.24, 2.45) is 0 Å². The van der Waals surface area contributed by atoms with Crippen LogP contribution in [-0.2, 0) is 0 Å². The average Bonchev–Trinajstić information content (AvgIpc) is 3.45. The van der Waals surface area contributed by atoms with Crippen LogP contribution >= 0.6 is 46.1 Å². The Morgan fingerprint density at radius 2 is 1.91 bits per heavy atom. The number of carbonyl (C=O) groups is 2. The fourth-order valence-electron chi connectivity index (χ4n) is 2.89. The summed E-state index contributed by atoms with van der Waals surface area (Å²) >= 11 is 20.1. The second-order valence-corrected chi connectivity index (χ2v) is 8.52. The lowest BCUT2D eigenvalue weighted by Crippen LogP contribution is -2.23. The Kier molecular flexibility index (Phi) is 6.85. The highest BCUT2D eigenvalue weighted by Crippen LogP contribution is 2.32. The molecule has 8 nitrogen and oxygen atoms in total. The number of hydrogen-bond acceptors (Lipinski definition) is 6. The van der Waals surface area contributed by atoms with Gasteiger partial charge in [-0.1, -0.05) is 34.8 Å². The average molecular weight is 523 g/mol. The van der Waals surface area contributed by atoms with Crippen LogP contribution in [0.1, 0.15) is 20.8 Å². The van der Waals surface area contributed by atoms with Crippen molar-refractivity contribution < 1.29 is 14.3 Å². The SMILES string of the molecule is CNC(=O)c1cc(Cl)cc(Cl)c1NC(=O)c1cc(Oc2ccsc2)nn1-c1ncccc1Cl. The van der Waals surface area contributed by atoms with Crippen molar-refractivity contribution in [1.82, 2.24) is 20.1 Å². The number of pyridine rings is 1. The first-order chi connectivity index (χ1) is 15.9. The minimum Gasteiger partial charge on any atom is -0.437 e. The minimum atomic E-state index is -0.626. The van der Waals surface area contributed by atoms with Gasteiger partial charge in [-0.05, 0) is 35.7 Å². The van der Waals surface area contributed by atoms with Crippen LogP contribution in [0.2, 0.25) is 15.1 Å². The number of nitrogens with zero attached hydrogens (tertiary/aromatic N) is 3. The highest BCUT2D eigenvalue weighted by Gasteiger charge is 2.23. The molecule has 0 atom stereocenters. The zero-order valence-corrected chi connectivity index (χ0v) is 19.9. The molecule has 0 radical (unpaired) electrons. The number of halogens is 3. The minimum absolute atomic E-state index is 0.0507. The van der Waals surface area contributed by atoms with Crippen molar-refractivity contribution in [1.29, 1.82) is 0 Å². The van der Waals surface area contributed by atoms with Gasteiger partial charge in [0.15, 0.2) is 5.82 Å². The van der Waals surface area contributed by atoms with Crippen LogP contribution in [0.4, 0.5) is 5.69 Å². The molecule has 2 amide bonds. The maximum atomic E-state index is 13.3. The van der Waals surface area contributed by atoms with E-state index in [1.807, 2.05) is 5.38 Å². The summed E-state index contributed by atoms with van der Waals surface area (Å²) in [5.74, 6) is -0.171. The summed E-state index contributed by atoms with van der Waals surface area (Å²) in [4.78, 5) is 29.9. The van der Waals surface area contributed by atoms with Crippen LogP contribution in [0.25, 0.3) is 5.82 Å². The summed E-state index contributed by atoms with van der Waals surface area (Å²) in [6.45, 7) is 0. The summed E-state index contributed by atoms with van der Waals surface area (Å²) in [5, 5.41) is 13.7. The Morgan fingerprint density at radius 3 is 2.61 bits per heavy atom. The molecule has 1 aromatic carbocycles. The molecule has 168 valence electrons. The molecule has 0 aliphatic heterocycles. The summed E-state index contributed by atoms with van der Waals surface area (Å²) in [5.41, 5.74) is 0.236. The molecule has 12 heteroatoms. The Labute approximate surface area is 207 Å². The van der Waals surface area contributed by atoms with E-state index in [1.54, 1.807) is 23.6 Å². The monoisotopic (exact) mass is 521 g/mol. The van der Waals surface area contributed by atoms with Gasteiger partial charge in [0.25, 0.3) is 11.8 Å². The standard InChI is InChI=1S/C21H14Cl3N5O3S/c1-25-20(30)13-7-11(22)8-15(24)18(13)27-21(31)16-9-17(32-12-4-6-33-10-12)28-29(16)19-14(23)3-2-5-26-19/h2-10H,1H3,(H,25,30)(H,27,31). The topological polar surface area (TPSA) is 98.1 Å². The number of amides is 2. The number of rotatable bonds is 6. The molecule has 3 heterocycles. The maximum absolute atomic E-state index is 13.3. The van der Waals surface area contributed by atoms with Gasteiger partial charge in [0, 0.05) is 29.7 Å². The third-order valence-corrected chi connectivity index (χ3v) is 5.81. The molecule has 0 saturated heterocycles. The highest BCUT2D eigenvalue weighted by molar-refractivity contribution is 7.08. The van der Waals surface area contributed by atoms with E-state index in [1.165, 1.54) is 47.5 Å². The quantitative estimate of drug-likeness (QED) is 0.339. The lowest BCUT2D eigenvalue weighted by Gasteiger charge is -2.13. The van der Waals surface area contributed by atoms with Gasteiger partial charge in [0.1, 0.15) is 11.4 Å². The molecule has 2 N–H and O–H groups in total. The third-order valence-electron chi connectivity index (χ3n) is 4.34. The molecular weight excluding hydrogens is 509 g/mol. The van der Waals surface area contributed by atoms with Crippen LogP contribution in [0, 0.1) is 0 Å². The molecular formula is C21H14Cl3N5O3S. The van der Waals surface area contributed by atoms with E-state index in [-0.39, 0.29) is 43.7 Å². The zero-order valence-electron chi connectivity index (χ0n) is 16.8. The van der Waals surface area contributed by atoms with Gasteiger partial charge in [0.05, 0.1) is 21.3 Å². The summed E-state index contributed by atoms with van der Waals surface area (Å²) in [6, 6.07) is 9.29. The molecule has 0 aliphatic rings. The summed E-state index contributed by atoms with van der Waals surface area (Å²) in [6.07, 6.45) is 1.52. The van der Waals surface area contributed by atoms with Crippen molar-refractivity contribution in [2.45, 2.75) is 0 Å². The molecule has 0 saturated carbocycles. The number of hydrogen-bond donors (Lipinski definition) is 2. The Hall–Kier alpha value is -3.11. The molecule has 4 rings (SSSR count). The number of aromatic nitrogens is 3. The van der Waals surface area contributed by atoms with Gasteiger partial charge in [-0.3, -0.25) is 9.59 Å². The van der Waals surface area contributed by atoms with Crippen LogP contribution in [0.3, 0.4) is 0 Å². The predicted octanol–water partition coefficient (Wildman–Crippen LogP) is 5.69. The van der Waals surface area contributed by atoms with E-state index in [4.69, 9.17) is 39.5 Å². The van der Waals surface area contributed by atoms with Crippen molar-refractivity contribution >= 4 is 63.6 Å². The van der Waals surface area contributed by atoms with Crippen LogP contribution in [0.5, 0.6) is 11.6 Å². The van der Waals surface area contributed by atoms with Gasteiger partial charge in [-0.15, -0.1) is 16.4 Å². The Balaban J connectivity index is 1.77. The fraction of sp³-hybridized carbons (Fsp3) is 0.0476. The Morgan fingerprint density at radius 1 is 1.09 bits per heavy atom. The van der Waals surface area contributed by atoms with E-state index in [2.05, 4.69) is 20.7 Å². The normalized spacial score (nSPS) is 10.7. The van der Waals surface area contributed by atoms with Crippen molar-refractivity contribution in [3.05, 3.63) is 79.7 Å². The molecule has 0 fully saturated rings. The summed E-state index contributed by atoms with van der Waals surface area (Å²) in [7, 11) is 1.45. The lowest BCUT2D eigenvalue weighted by molar-refractivity contribution is 0.0964. The number of benzene rings is 1. The van der Waals surface area contributed by atoms with E-state index in [0.717, 1.165) is 0 Å². The van der Waals surface area contributed by atoms with Gasteiger partial charge in [-0.2, -0.15) is 0 Å². The first kappa shape index (κ1) is 23.1. The largest absolute Gasteiger partial charge is 0.437 e. The second-order valence-electron chi connectivity index (χ2n) is 6.49. The fourth-order valence-corrected chi connectivity index (χ4v) is 4.18. The number of anilines is 1. The molecule has 33 heavy (non-hydrogen) atoms. The first-order valence-corrected chi connectivity index (χ1v) is 11.4. The maximum Gasteiger partial charge on any atom is 0.274 e. The molecule has 0 aliphatic carbocycles. The van der Waals surface area contributed by atoms with Crippen LogP contribution in [-0.4, -0.2) is 33.6 Å². The molecule has 3 aromatic heterocycles. The van der Waals surface area contributed by atoms with Crippen molar-refractivity contribution in [3.8, 4) is 17.4 Å². The van der Waals surface area contributed by atoms with Crippen LogP contribution in [0.15, 0.2) is 53.4 Å². The van der Waals surface area contributed by atoms with Gasteiger partial charge < -0.3 is 15.4 Å². The van der Waals surface area contributed by atoms with Crippen molar-refractivity contribution in [2.75, 3.05) is 12.4 Å². The van der Waals surface area contributed by atoms with E-state index < -0.39 is 11.8 Å². The van der Waals surface area contributed by atoms with E-state index >= 15 is 0 Å². The van der Waals surface area contributed by atoms with Crippen LogP contribution < -0.4 is 15.4 Å². The van der Waals surface area contributed by atoms with E-state index in [0.29, 0.717) is 5.75 Å². The van der Waals surface area contributed by atoms with Gasteiger partial charge >= 0.3 is 0 Å². The second kappa shape index (κ2) is 9.80.